The Hall–Kier alpha value is -1.39. The smallest absolute Gasteiger partial charge is 0.410 e. The lowest BCUT2D eigenvalue weighted by molar-refractivity contribution is -0.136. The van der Waals surface area contributed by atoms with E-state index in [2.05, 4.69) is 0 Å². The van der Waals surface area contributed by atoms with Crippen LogP contribution >= 0.6 is 0 Å². The highest BCUT2D eigenvalue weighted by atomic mass is 16.6. The van der Waals surface area contributed by atoms with Crippen LogP contribution in [0.15, 0.2) is 0 Å². The van der Waals surface area contributed by atoms with Crippen molar-refractivity contribution in [2.45, 2.75) is 65.0 Å². The summed E-state index contributed by atoms with van der Waals surface area (Å²) in [6, 6.07) is -0.208. The van der Waals surface area contributed by atoms with Crippen LogP contribution in [-0.4, -0.2) is 40.7 Å². The summed E-state index contributed by atoms with van der Waals surface area (Å²) in [5, 5.41) is 0. The fraction of sp³-hybridized carbons (Fsp3) is 0.786. The van der Waals surface area contributed by atoms with E-state index in [-0.39, 0.29) is 12.5 Å². The van der Waals surface area contributed by atoms with Crippen molar-refractivity contribution in [1.82, 2.24) is 4.90 Å². The first-order valence-electron chi connectivity index (χ1n) is 6.74. The molecule has 1 amide bonds. The van der Waals surface area contributed by atoms with Crippen molar-refractivity contribution < 1.29 is 19.1 Å². The minimum atomic E-state index is -0.552. The molecule has 1 atom stereocenters. The lowest BCUT2D eigenvalue weighted by atomic mass is 9.97. The normalized spacial score (nSPS) is 20.0. The zero-order valence-electron chi connectivity index (χ0n) is 12.2. The van der Waals surface area contributed by atoms with Crippen LogP contribution in [0.2, 0.25) is 0 Å². The summed E-state index contributed by atoms with van der Waals surface area (Å²) < 4.78 is 5.34. The first-order chi connectivity index (χ1) is 8.70. The molecule has 1 heterocycles. The Labute approximate surface area is 114 Å². The second-order valence-corrected chi connectivity index (χ2v) is 6.01. The van der Waals surface area contributed by atoms with Crippen molar-refractivity contribution in [2.24, 2.45) is 0 Å². The van der Waals surface area contributed by atoms with Gasteiger partial charge in [-0.2, -0.15) is 0 Å². The van der Waals surface area contributed by atoms with Crippen LogP contribution in [-0.2, 0) is 14.3 Å². The number of ether oxygens (including phenoxy) is 1. The molecule has 1 saturated heterocycles. The number of carbonyl (C=O) groups excluding carboxylic acids is 3. The van der Waals surface area contributed by atoms with E-state index < -0.39 is 23.3 Å². The fourth-order valence-electron chi connectivity index (χ4n) is 2.13. The molecule has 5 nitrogen and oxygen atoms in total. The third-order valence-corrected chi connectivity index (χ3v) is 3.07. The number of amides is 1. The molecule has 0 N–H and O–H groups in total. The summed E-state index contributed by atoms with van der Waals surface area (Å²) >= 11 is 0. The monoisotopic (exact) mass is 269 g/mol. The van der Waals surface area contributed by atoms with Crippen LogP contribution < -0.4 is 0 Å². The molecule has 1 aliphatic heterocycles. The van der Waals surface area contributed by atoms with Gasteiger partial charge in [0.25, 0.3) is 0 Å². The number of piperidine rings is 1. The molecule has 0 bridgehead atoms. The summed E-state index contributed by atoms with van der Waals surface area (Å²) in [6.45, 7) is 7.29. The molecule has 5 heteroatoms. The lowest BCUT2D eigenvalue weighted by Crippen LogP contribution is -2.47. The standard InChI is InChI=1S/C14H23NO4/c1-10(16)12(17)9-11-7-5-6-8-15(11)13(18)19-14(2,3)4/h11H,5-9H2,1-4H3. The van der Waals surface area contributed by atoms with Crippen LogP contribution in [0.5, 0.6) is 0 Å². The average Bonchev–Trinajstić information content (AvgIpc) is 2.27. The van der Waals surface area contributed by atoms with Gasteiger partial charge in [0.1, 0.15) is 5.60 Å². The molecular formula is C14H23NO4. The van der Waals surface area contributed by atoms with Gasteiger partial charge in [-0.1, -0.05) is 0 Å². The van der Waals surface area contributed by atoms with E-state index in [9.17, 15) is 14.4 Å². The van der Waals surface area contributed by atoms with Gasteiger partial charge < -0.3 is 9.64 Å². The largest absolute Gasteiger partial charge is 0.444 e. The maximum atomic E-state index is 12.1. The Bertz CT molecular complexity index is 370. The Kier molecular flexibility index (Phi) is 5.09. The van der Waals surface area contributed by atoms with E-state index in [0.717, 1.165) is 19.3 Å². The Morgan fingerprint density at radius 3 is 2.37 bits per heavy atom. The van der Waals surface area contributed by atoms with Gasteiger partial charge in [-0.3, -0.25) is 9.59 Å². The Balaban J connectivity index is 2.69. The molecule has 0 aromatic rings. The molecule has 1 unspecified atom stereocenters. The second kappa shape index (κ2) is 6.17. The molecule has 0 radical (unpaired) electrons. The summed E-state index contributed by atoms with van der Waals surface area (Å²) in [5.41, 5.74) is -0.552. The Morgan fingerprint density at radius 1 is 1.21 bits per heavy atom. The summed E-state index contributed by atoms with van der Waals surface area (Å²) in [5.74, 6) is -0.866. The molecule has 1 aliphatic rings. The van der Waals surface area contributed by atoms with Gasteiger partial charge in [-0.15, -0.1) is 0 Å². The number of hydrogen-bond acceptors (Lipinski definition) is 4. The molecule has 1 rings (SSSR count). The third-order valence-electron chi connectivity index (χ3n) is 3.07. The van der Waals surface area contributed by atoms with Gasteiger partial charge in [-0.25, -0.2) is 4.79 Å². The highest BCUT2D eigenvalue weighted by Gasteiger charge is 2.32. The number of likely N-dealkylation sites (tertiary alicyclic amines) is 1. The van der Waals surface area contributed by atoms with Crippen LogP contribution in [0.25, 0.3) is 0 Å². The number of hydrogen-bond donors (Lipinski definition) is 0. The van der Waals surface area contributed by atoms with Gasteiger partial charge in [0.2, 0.25) is 0 Å². The quantitative estimate of drug-likeness (QED) is 0.738. The van der Waals surface area contributed by atoms with Crippen molar-refractivity contribution in [3.63, 3.8) is 0 Å². The van der Waals surface area contributed by atoms with Crippen molar-refractivity contribution in [2.75, 3.05) is 6.54 Å². The summed E-state index contributed by atoms with van der Waals surface area (Å²) in [6.07, 6.45) is 2.33. The van der Waals surface area contributed by atoms with E-state index in [1.807, 2.05) is 20.8 Å². The highest BCUT2D eigenvalue weighted by Crippen LogP contribution is 2.22. The van der Waals surface area contributed by atoms with E-state index in [1.54, 1.807) is 4.90 Å². The number of Topliss-reactive ketones (excluding diaryl/α,β-unsaturated/α-hetero) is 2. The summed E-state index contributed by atoms with van der Waals surface area (Å²) in [4.78, 5) is 36.3. The zero-order valence-corrected chi connectivity index (χ0v) is 12.2. The van der Waals surface area contributed by atoms with Crippen molar-refractivity contribution in [1.29, 1.82) is 0 Å². The average molecular weight is 269 g/mol. The molecule has 0 spiro atoms. The molecule has 108 valence electrons. The molecule has 0 aliphatic carbocycles. The van der Waals surface area contributed by atoms with Crippen LogP contribution in [0.3, 0.4) is 0 Å². The minimum Gasteiger partial charge on any atom is -0.444 e. The van der Waals surface area contributed by atoms with E-state index >= 15 is 0 Å². The van der Waals surface area contributed by atoms with Crippen molar-refractivity contribution >= 4 is 17.7 Å². The molecule has 0 aromatic heterocycles. The maximum Gasteiger partial charge on any atom is 0.410 e. The van der Waals surface area contributed by atoms with E-state index in [4.69, 9.17) is 4.74 Å². The first kappa shape index (κ1) is 15.7. The van der Waals surface area contributed by atoms with Gasteiger partial charge in [0, 0.05) is 25.9 Å². The molecule has 1 fully saturated rings. The fourth-order valence-corrected chi connectivity index (χ4v) is 2.13. The predicted molar refractivity (Wildman–Crippen MR) is 70.9 cm³/mol. The number of nitrogens with zero attached hydrogens (tertiary/aromatic N) is 1. The molecule has 0 saturated carbocycles. The molecule has 0 aromatic carbocycles. The van der Waals surface area contributed by atoms with Crippen molar-refractivity contribution in [3.8, 4) is 0 Å². The van der Waals surface area contributed by atoms with E-state index in [0.29, 0.717) is 6.54 Å². The third kappa shape index (κ3) is 5.01. The van der Waals surface area contributed by atoms with Crippen LogP contribution in [0.1, 0.15) is 53.4 Å². The lowest BCUT2D eigenvalue weighted by Gasteiger charge is -2.36. The van der Waals surface area contributed by atoms with Crippen molar-refractivity contribution in [3.05, 3.63) is 0 Å². The SMILES string of the molecule is CC(=O)C(=O)CC1CCCCN1C(=O)OC(C)(C)C. The van der Waals surface area contributed by atoms with E-state index in [1.165, 1.54) is 6.92 Å². The predicted octanol–water partition coefficient (Wildman–Crippen LogP) is 2.32. The molecule has 19 heavy (non-hydrogen) atoms. The minimum absolute atomic E-state index is 0.106. The maximum absolute atomic E-state index is 12.1. The van der Waals surface area contributed by atoms with Gasteiger partial charge in [-0.05, 0) is 40.0 Å². The number of carbonyl (C=O) groups is 3. The van der Waals surface area contributed by atoms with Crippen LogP contribution in [0, 0.1) is 0 Å². The Morgan fingerprint density at radius 2 is 1.84 bits per heavy atom. The van der Waals surface area contributed by atoms with Gasteiger partial charge >= 0.3 is 6.09 Å². The van der Waals surface area contributed by atoms with Gasteiger partial charge in [0.05, 0.1) is 0 Å². The molecular weight excluding hydrogens is 246 g/mol. The number of rotatable bonds is 3. The number of ketones is 2. The highest BCUT2D eigenvalue weighted by molar-refractivity contribution is 6.36. The zero-order chi connectivity index (χ0) is 14.6. The van der Waals surface area contributed by atoms with Crippen LogP contribution in [0.4, 0.5) is 4.79 Å². The first-order valence-corrected chi connectivity index (χ1v) is 6.74. The van der Waals surface area contributed by atoms with Gasteiger partial charge in [0.15, 0.2) is 11.6 Å². The summed E-state index contributed by atoms with van der Waals surface area (Å²) in [7, 11) is 0. The second-order valence-electron chi connectivity index (χ2n) is 6.01. The topological polar surface area (TPSA) is 63.7 Å².